The van der Waals surface area contributed by atoms with Crippen LogP contribution in [0.1, 0.15) is 10.8 Å². The number of aromatic nitrogens is 2. The molecule has 6 nitrogen and oxygen atoms in total. The number of non-ortho nitro benzene ring substituents is 1. The Bertz CT molecular complexity index is 776. The van der Waals surface area contributed by atoms with E-state index in [2.05, 4.69) is 10.2 Å². The normalized spacial score (nSPS) is 11.0. The van der Waals surface area contributed by atoms with Crippen LogP contribution in [0.15, 0.2) is 46.2 Å². The SMILES string of the molecule is O=[N+]([O-])c1ccc(-c2nnc(/C=C/c3cccs3)o2)cc1. The van der Waals surface area contributed by atoms with E-state index < -0.39 is 4.92 Å². The third-order valence-electron chi connectivity index (χ3n) is 2.70. The van der Waals surface area contributed by atoms with Gasteiger partial charge in [-0.15, -0.1) is 21.5 Å². The number of nitrogens with zero attached hydrogens (tertiary/aromatic N) is 3. The highest BCUT2D eigenvalue weighted by atomic mass is 32.1. The summed E-state index contributed by atoms with van der Waals surface area (Å²) >= 11 is 1.61. The summed E-state index contributed by atoms with van der Waals surface area (Å²) in [4.78, 5) is 11.2. The second-order valence-corrected chi connectivity index (χ2v) is 5.08. The summed E-state index contributed by atoms with van der Waals surface area (Å²) in [7, 11) is 0. The fourth-order valence-electron chi connectivity index (χ4n) is 1.68. The highest BCUT2D eigenvalue weighted by Gasteiger charge is 2.09. The lowest BCUT2D eigenvalue weighted by molar-refractivity contribution is -0.384. The van der Waals surface area contributed by atoms with Gasteiger partial charge in [-0.25, -0.2) is 0 Å². The van der Waals surface area contributed by atoms with E-state index in [-0.39, 0.29) is 5.69 Å². The van der Waals surface area contributed by atoms with Crippen LogP contribution in [0.4, 0.5) is 5.69 Å². The van der Waals surface area contributed by atoms with Crippen molar-refractivity contribution >= 4 is 29.2 Å². The zero-order chi connectivity index (χ0) is 14.7. The summed E-state index contributed by atoms with van der Waals surface area (Å²) in [5, 5.41) is 20.4. The number of rotatable bonds is 4. The summed E-state index contributed by atoms with van der Waals surface area (Å²) in [5.41, 5.74) is 0.667. The van der Waals surface area contributed by atoms with Crippen LogP contribution in [-0.2, 0) is 0 Å². The van der Waals surface area contributed by atoms with Gasteiger partial charge in [0.05, 0.1) is 4.92 Å². The van der Waals surface area contributed by atoms with Crippen LogP contribution in [0.5, 0.6) is 0 Å². The van der Waals surface area contributed by atoms with Gasteiger partial charge in [-0.2, -0.15) is 0 Å². The first-order valence-corrected chi connectivity index (χ1v) is 6.90. The van der Waals surface area contributed by atoms with E-state index in [1.54, 1.807) is 29.5 Å². The van der Waals surface area contributed by atoms with Crippen molar-refractivity contribution in [2.45, 2.75) is 0 Å². The molecule has 0 radical (unpaired) electrons. The number of nitro benzene ring substituents is 1. The Morgan fingerprint density at radius 3 is 2.62 bits per heavy atom. The number of hydrogen-bond acceptors (Lipinski definition) is 6. The van der Waals surface area contributed by atoms with Gasteiger partial charge in [0.1, 0.15) is 0 Å². The van der Waals surface area contributed by atoms with E-state index >= 15 is 0 Å². The summed E-state index contributed by atoms with van der Waals surface area (Å²) < 4.78 is 5.49. The average Bonchev–Trinajstić information content (AvgIpc) is 3.17. The molecule has 0 aliphatic carbocycles. The summed E-state index contributed by atoms with van der Waals surface area (Å²) in [6, 6.07) is 9.91. The van der Waals surface area contributed by atoms with Crippen molar-refractivity contribution in [3.05, 3.63) is 62.7 Å². The van der Waals surface area contributed by atoms with Gasteiger partial charge in [-0.3, -0.25) is 10.1 Å². The number of benzene rings is 1. The number of nitro groups is 1. The van der Waals surface area contributed by atoms with Crippen LogP contribution < -0.4 is 0 Å². The molecule has 1 aromatic carbocycles. The summed E-state index contributed by atoms with van der Waals surface area (Å²) in [5.74, 6) is 0.715. The standard InChI is InChI=1S/C14H9N3O3S/c18-17(19)11-5-3-10(4-6-11)14-16-15-13(20-14)8-7-12-2-1-9-21-12/h1-9H/b8-7+. The molecule has 0 aliphatic rings. The van der Waals surface area contributed by atoms with Crippen LogP contribution in [0.25, 0.3) is 23.6 Å². The summed E-state index contributed by atoms with van der Waals surface area (Å²) in [6.45, 7) is 0. The molecular formula is C14H9N3O3S. The number of thiophene rings is 1. The maximum Gasteiger partial charge on any atom is 0.269 e. The first-order valence-electron chi connectivity index (χ1n) is 6.02. The van der Waals surface area contributed by atoms with Crippen LogP contribution >= 0.6 is 11.3 Å². The molecule has 0 amide bonds. The topological polar surface area (TPSA) is 82.1 Å². The molecule has 0 atom stereocenters. The lowest BCUT2D eigenvalue weighted by Crippen LogP contribution is -1.87. The predicted octanol–water partition coefficient (Wildman–Crippen LogP) is 3.88. The number of hydrogen-bond donors (Lipinski definition) is 0. The van der Waals surface area contributed by atoms with Crippen LogP contribution in [0, 0.1) is 10.1 Å². The molecule has 3 aromatic rings. The fraction of sp³-hybridized carbons (Fsp3) is 0. The third-order valence-corrected chi connectivity index (χ3v) is 3.54. The molecule has 0 N–H and O–H groups in total. The van der Waals surface area contributed by atoms with Gasteiger partial charge in [0.25, 0.3) is 5.69 Å². The Morgan fingerprint density at radius 2 is 1.95 bits per heavy atom. The van der Waals surface area contributed by atoms with E-state index in [9.17, 15) is 10.1 Å². The monoisotopic (exact) mass is 299 g/mol. The molecule has 3 rings (SSSR count). The molecule has 0 aliphatic heterocycles. The molecule has 0 spiro atoms. The molecule has 21 heavy (non-hydrogen) atoms. The first-order chi connectivity index (χ1) is 10.2. The van der Waals surface area contributed by atoms with Crippen molar-refractivity contribution in [1.82, 2.24) is 10.2 Å². The second-order valence-electron chi connectivity index (χ2n) is 4.10. The zero-order valence-corrected chi connectivity index (χ0v) is 11.5. The second kappa shape index (κ2) is 5.68. The third kappa shape index (κ3) is 3.03. The molecule has 2 aromatic heterocycles. The van der Waals surface area contributed by atoms with Gasteiger partial charge in [0.15, 0.2) is 0 Å². The van der Waals surface area contributed by atoms with Crippen molar-refractivity contribution < 1.29 is 9.34 Å². The highest BCUT2D eigenvalue weighted by molar-refractivity contribution is 7.10. The van der Waals surface area contributed by atoms with Crippen molar-refractivity contribution in [3.8, 4) is 11.5 Å². The van der Waals surface area contributed by atoms with Gasteiger partial charge in [-0.1, -0.05) is 6.07 Å². The quantitative estimate of drug-likeness (QED) is 0.539. The zero-order valence-electron chi connectivity index (χ0n) is 10.7. The minimum absolute atomic E-state index is 0.0241. The van der Waals surface area contributed by atoms with Crippen LogP contribution in [-0.4, -0.2) is 15.1 Å². The van der Waals surface area contributed by atoms with E-state index in [0.717, 1.165) is 4.88 Å². The Balaban J connectivity index is 1.79. The molecule has 0 fully saturated rings. The molecule has 0 bridgehead atoms. The maximum absolute atomic E-state index is 10.6. The molecular weight excluding hydrogens is 290 g/mol. The van der Waals surface area contributed by atoms with Crippen molar-refractivity contribution in [2.24, 2.45) is 0 Å². The predicted molar refractivity (Wildman–Crippen MR) is 79.6 cm³/mol. The molecule has 0 unspecified atom stereocenters. The van der Waals surface area contributed by atoms with E-state index in [4.69, 9.17) is 4.42 Å². The Hall–Kier alpha value is -2.80. The minimum atomic E-state index is -0.452. The molecule has 0 saturated carbocycles. The minimum Gasteiger partial charge on any atom is -0.417 e. The van der Waals surface area contributed by atoms with E-state index in [0.29, 0.717) is 17.3 Å². The van der Waals surface area contributed by atoms with E-state index in [1.807, 2.05) is 23.6 Å². The highest BCUT2D eigenvalue weighted by Crippen LogP contribution is 2.22. The molecule has 7 heteroatoms. The lowest BCUT2D eigenvalue weighted by atomic mass is 10.2. The Labute approximate surface area is 123 Å². The van der Waals surface area contributed by atoms with Crippen LogP contribution in [0.3, 0.4) is 0 Å². The Kier molecular flexibility index (Phi) is 3.57. The van der Waals surface area contributed by atoms with Crippen molar-refractivity contribution in [3.63, 3.8) is 0 Å². The lowest BCUT2D eigenvalue weighted by Gasteiger charge is -1.93. The van der Waals surface area contributed by atoms with Gasteiger partial charge >= 0.3 is 0 Å². The summed E-state index contributed by atoms with van der Waals surface area (Å²) in [6.07, 6.45) is 3.62. The average molecular weight is 299 g/mol. The smallest absolute Gasteiger partial charge is 0.269 e. The van der Waals surface area contributed by atoms with Crippen LogP contribution in [0.2, 0.25) is 0 Å². The largest absolute Gasteiger partial charge is 0.417 e. The van der Waals surface area contributed by atoms with Crippen molar-refractivity contribution in [1.29, 1.82) is 0 Å². The molecule has 0 saturated heterocycles. The van der Waals surface area contributed by atoms with Gasteiger partial charge < -0.3 is 4.42 Å². The Morgan fingerprint density at radius 1 is 1.14 bits per heavy atom. The molecule has 104 valence electrons. The molecule has 2 heterocycles. The van der Waals surface area contributed by atoms with Gasteiger partial charge in [-0.05, 0) is 29.7 Å². The first kappa shape index (κ1) is 13.2. The fourth-order valence-corrected chi connectivity index (χ4v) is 2.30. The van der Waals surface area contributed by atoms with Gasteiger partial charge in [0, 0.05) is 28.6 Å². The van der Waals surface area contributed by atoms with Crippen molar-refractivity contribution in [2.75, 3.05) is 0 Å². The van der Waals surface area contributed by atoms with E-state index in [1.165, 1.54) is 12.1 Å². The van der Waals surface area contributed by atoms with Gasteiger partial charge in [0.2, 0.25) is 11.8 Å². The maximum atomic E-state index is 10.6.